The minimum Gasteiger partial charge on any atom is -0.449 e. The minimum atomic E-state index is -1.03. The Hall–Kier alpha value is -3.11. The van der Waals surface area contributed by atoms with Crippen LogP contribution in [0.15, 0.2) is 53.4 Å². The molecule has 0 aliphatic carbocycles. The molecule has 0 saturated heterocycles. The van der Waals surface area contributed by atoms with E-state index in [1.54, 1.807) is 42.5 Å². The Morgan fingerprint density at radius 1 is 1.19 bits per heavy atom. The van der Waals surface area contributed by atoms with E-state index in [1.165, 1.54) is 31.7 Å². The maximum absolute atomic E-state index is 12.4. The first kappa shape index (κ1) is 20.2. The molecule has 0 saturated carbocycles. The molecule has 6 nitrogen and oxygen atoms in total. The number of hydrogen-bond donors (Lipinski definition) is 1. The first-order chi connectivity index (χ1) is 12.9. The van der Waals surface area contributed by atoms with Gasteiger partial charge in [-0.15, -0.1) is 11.8 Å². The van der Waals surface area contributed by atoms with Crippen LogP contribution in [0.2, 0.25) is 0 Å². The average Bonchev–Trinajstić information content (AvgIpc) is 2.66. The van der Waals surface area contributed by atoms with Crippen molar-refractivity contribution in [3.8, 4) is 6.07 Å². The third-order valence-electron chi connectivity index (χ3n) is 3.45. The van der Waals surface area contributed by atoms with Crippen LogP contribution in [0, 0.1) is 11.3 Å². The number of thioether (sulfide) groups is 1. The van der Waals surface area contributed by atoms with Crippen LogP contribution in [-0.4, -0.2) is 29.5 Å². The van der Waals surface area contributed by atoms with Crippen molar-refractivity contribution < 1.29 is 19.1 Å². The van der Waals surface area contributed by atoms with Gasteiger partial charge < -0.3 is 10.1 Å². The van der Waals surface area contributed by atoms with Crippen LogP contribution in [-0.2, 0) is 14.3 Å². The number of carbonyl (C=O) groups excluding carboxylic acids is 3. The number of anilines is 1. The van der Waals surface area contributed by atoms with Crippen LogP contribution < -0.4 is 5.32 Å². The Labute approximate surface area is 161 Å². The predicted molar refractivity (Wildman–Crippen MR) is 103 cm³/mol. The number of nitrogens with one attached hydrogen (secondary N) is 1. The maximum Gasteiger partial charge on any atom is 0.340 e. The molecule has 2 aromatic carbocycles. The highest BCUT2D eigenvalue weighted by Gasteiger charge is 2.21. The molecule has 0 radical (unpaired) electrons. The third-order valence-corrected chi connectivity index (χ3v) is 4.67. The zero-order valence-electron chi connectivity index (χ0n) is 14.9. The number of benzene rings is 2. The SMILES string of the molecule is CC(=O)CSc1ccccc1C(=O)O[C@H](C)C(=O)Nc1cccc(C#N)c1. The standard InChI is InChI=1S/C20H18N2O4S/c1-13(23)12-27-18-9-4-3-8-17(18)20(25)26-14(2)19(24)22-16-7-5-6-15(10-16)11-21/h3-10,14H,12H2,1-2H3,(H,22,24)/t14-/m1/s1. The molecule has 7 heteroatoms. The second-order valence-electron chi connectivity index (χ2n) is 5.72. The number of carbonyl (C=O) groups is 3. The summed E-state index contributed by atoms with van der Waals surface area (Å²) in [5, 5.41) is 11.5. The van der Waals surface area contributed by atoms with Gasteiger partial charge >= 0.3 is 5.97 Å². The largest absolute Gasteiger partial charge is 0.449 e. The van der Waals surface area contributed by atoms with Gasteiger partial charge in [-0.1, -0.05) is 18.2 Å². The van der Waals surface area contributed by atoms with Gasteiger partial charge in [0.2, 0.25) is 0 Å². The van der Waals surface area contributed by atoms with Crippen molar-refractivity contribution in [1.29, 1.82) is 5.26 Å². The molecule has 0 aliphatic heterocycles. The zero-order valence-corrected chi connectivity index (χ0v) is 15.7. The fourth-order valence-electron chi connectivity index (χ4n) is 2.13. The van der Waals surface area contributed by atoms with E-state index in [1.807, 2.05) is 6.07 Å². The van der Waals surface area contributed by atoms with E-state index < -0.39 is 18.0 Å². The molecule has 2 rings (SSSR count). The van der Waals surface area contributed by atoms with E-state index in [0.717, 1.165) is 0 Å². The summed E-state index contributed by atoms with van der Waals surface area (Å²) in [6, 6.07) is 15.2. The summed E-state index contributed by atoms with van der Waals surface area (Å²) in [7, 11) is 0. The Kier molecular flexibility index (Phi) is 7.15. The zero-order chi connectivity index (χ0) is 19.8. The highest BCUT2D eigenvalue weighted by atomic mass is 32.2. The molecule has 1 amide bonds. The van der Waals surface area contributed by atoms with Crippen molar-refractivity contribution in [3.05, 3.63) is 59.7 Å². The first-order valence-electron chi connectivity index (χ1n) is 8.14. The van der Waals surface area contributed by atoms with Crippen molar-refractivity contribution in [3.63, 3.8) is 0 Å². The molecule has 27 heavy (non-hydrogen) atoms. The molecular weight excluding hydrogens is 364 g/mol. The van der Waals surface area contributed by atoms with Crippen LogP contribution in [0.3, 0.4) is 0 Å². The van der Waals surface area contributed by atoms with Crippen LogP contribution in [0.25, 0.3) is 0 Å². The number of rotatable bonds is 7. The molecule has 0 fully saturated rings. The molecule has 0 unspecified atom stereocenters. The summed E-state index contributed by atoms with van der Waals surface area (Å²) in [6.07, 6.45) is -1.03. The summed E-state index contributed by atoms with van der Waals surface area (Å²) in [5.74, 6) is -0.909. The molecular formula is C20H18N2O4S. The number of nitriles is 1. The summed E-state index contributed by atoms with van der Waals surface area (Å²) in [4.78, 5) is 36.5. The Morgan fingerprint density at radius 2 is 1.93 bits per heavy atom. The Balaban J connectivity index is 2.03. The lowest BCUT2D eigenvalue weighted by Crippen LogP contribution is -2.30. The van der Waals surface area contributed by atoms with Crippen molar-refractivity contribution >= 4 is 35.1 Å². The van der Waals surface area contributed by atoms with Gasteiger partial charge in [0.05, 0.1) is 22.9 Å². The number of Topliss-reactive ketones (excluding diaryl/α,β-unsaturated/α-hetero) is 1. The number of esters is 1. The van der Waals surface area contributed by atoms with E-state index in [4.69, 9.17) is 10.00 Å². The third kappa shape index (κ3) is 5.97. The molecule has 0 aliphatic rings. The van der Waals surface area contributed by atoms with Crippen LogP contribution in [0.1, 0.15) is 29.8 Å². The van der Waals surface area contributed by atoms with Gasteiger partial charge in [0.15, 0.2) is 6.10 Å². The van der Waals surface area contributed by atoms with E-state index in [9.17, 15) is 14.4 Å². The Morgan fingerprint density at radius 3 is 2.63 bits per heavy atom. The van der Waals surface area contributed by atoms with E-state index in [2.05, 4.69) is 5.32 Å². The highest BCUT2D eigenvalue weighted by molar-refractivity contribution is 8.00. The lowest BCUT2D eigenvalue weighted by atomic mass is 10.2. The normalized spacial score (nSPS) is 11.1. The molecule has 0 bridgehead atoms. The van der Waals surface area contributed by atoms with Gasteiger partial charge in [-0.25, -0.2) is 4.79 Å². The lowest BCUT2D eigenvalue weighted by Gasteiger charge is -2.15. The van der Waals surface area contributed by atoms with E-state index in [-0.39, 0.29) is 11.5 Å². The average molecular weight is 382 g/mol. The quantitative estimate of drug-likeness (QED) is 0.582. The monoisotopic (exact) mass is 382 g/mol. The topological polar surface area (TPSA) is 96.3 Å². The van der Waals surface area contributed by atoms with Crippen molar-refractivity contribution in [1.82, 2.24) is 0 Å². The smallest absolute Gasteiger partial charge is 0.340 e. The predicted octanol–water partition coefficient (Wildman–Crippen LogP) is 3.42. The van der Waals surface area contributed by atoms with Crippen LogP contribution in [0.4, 0.5) is 5.69 Å². The van der Waals surface area contributed by atoms with Crippen LogP contribution in [0.5, 0.6) is 0 Å². The minimum absolute atomic E-state index is 0.00415. The lowest BCUT2D eigenvalue weighted by molar-refractivity contribution is -0.123. The highest BCUT2D eigenvalue weighted by Crippen LogP contribution is 2.24. The fraction of sp³-hybridized carbons (Fsp3) is 0.200. The van der Waals surface area contributed by atoms with Gasteiger partial charge in [0.1, 0.15) is 5.78 Å². The molecule has 0 heterocycles. The molecule has 138 valence electrons. The van der Waals surface area contributed by atoms with Gasteiger partial charge in [0.25, 0.3) is 5.91 Å². The number of hydrogen-bond acceptors (Lipinski definition) is 6. The summed E-state index contributed by atoms with van der Waals surface area (Å²) in [5.41, 5.74) is 1.16. The number of ether oxygens (including phenoxy) is 1. The summed E-state index contributed by atoms with van der Waals surface area (Å²) in [6.45, 7) is 2.94. The van der Waals surface area contributed by atoms with E-state index in [0.29, 0.717) is 21.7 Å². The van der Waals surface area contributed by atoms with Crippen molar-refractivity contribution in [2.75, 3.05) is 11.1 Å². The van der Waals surface area contributed by atoms with Gasteiger partial charge in [-0.3, -0.25) is 9.59 Å². The number of ketones is 1. The molecule has 2 aromatic rings. The molecule has 1 N–H and O–H groups in total. The summed E-state index contributed by atoms with van der Waals surface area (Å²) < 4.78 is 5.26. The van der Waals surface area contributed by atoms with Crippen molar-refractivity contribution in [2.45, 2.75) is 24.8 Å². The van der Waals surface area contributed by atoms with Gasteiger partial charge in [-0.2, -0.15) is 5.26 Å². The second-order valence-corrected chi connectivity index (χ2v) is 6.73. The first-order valence-corrected chi connectivity index (χ1v) is 9.12. The summed E-state index contributed by atoms with van der Waals surface area (Å²) >= 11 is 1.24. The van der Waals surface area contributed by atoms with Crippen LogP contribution >= 0.6 is 11.8 Å². The number of nitrogens with zero attached hydrogens (tertiary/aromatic N) is 1. The molecule has 0 spiro atoms. The van der Waals surface area contributed by atoms with Gasteiger partial charge in [-0.05, 0) is 44.2 Å². The second kappa shape index (κ2) is 9.55. The molecule has 0 aromatic heterocycles. The molecule has 1 atom stereocenters. The van der Waals surface area contributed by atoms with E-state index >= 15 is 0 Å². The maximum atomic E-state index is 12.4. The number of amides is 1. The van der Waals surface area contributed by atoms with Crippen molar-refractivity contribution in [2.24, 2.45) is 0 Å². The fourth-order valence-corrected chi connectivity index (χ4v) is 2.97. The Bertz CT molecular complexity index is 905. The van der Waals surface area contributed by atoms with Gasteiger partial charge in [0, 0.05) is 10.6 Å².